The molecule has 4 rings (SSSR count). The Kier molecular flexibility index (Phi) is 5.68. The van der Waals surface area contributed by atoms with E-state index in [-0.39, 0.29) is 11.7 Å². The molecule has 2 aliphatic rings. The second-order valence-corrected chi connectivity index (χ2v) is 8.41. The van der Waals surface area contributed by atoms with Gasteiger partial charge in [-0.05, 0) is 42.5 Å². The number of hydrogen-bond donors (Lipinski definition) is 1. The van der Waals surface area contributed by atoms with E-state index >= 15 is 0 Å². The van der Waals surface area contributed by atoms with Gasteiger partial charge in [0.2, 0.25) is 0 Å². The van der Waals surface area contributed by atoms with Crippen molar-refractivity contribution in [2.24, 2.45) is 0 Å². The molecule has 31 heavy (non-hydrogen) atoms. The molecular formula is C26H28N2O3. The number of nitrogens with zero attached hydrogens (tertiary/aromatic N) is 1. The van der Waals surface area contributed by atoms with Crippen LogP contribution in [-0.2, 0) is 14.3 Å². The molecule has 5 nitrogen and oxygen atoms in total. The highest BCUT2D eigenvalue weighted by molar-refractivity contribution is 6.04. The number of nitrogens with one attached hydrogen (secondary N) is 1. The number of carbonyl (C=O) groups excluding carboxylic acids is 2. The first-order chi connectivity index (χ1) is 14.9. The molecule has 160 valence electrons. The Balaban J connectivity index is 1.80. The van der Waals surface area contributed by atoms with E-state index in [1.807, 2.05) is 68.4 Å². The number of ether oxygens (including phenoxy) is 1. The molecule has 0 fully saturated rings. The van der Waals surface area contributed by atoms with Crippen LogP contribution in [0.5, 0.6) is 0 Å². The van der Waals surface area contributed by atoms with Crippen LogP contribution >= 0.6 is 0 Å². The zero-order valence-electron chi connectivity index (χ0n) is 18.4. The first-order valence-electron chi connectivity index (χ1n) is 10.5. The first kappa shape index (κ1) is 20.9. The number of allylic oxidation sites excluding steroid dienone is 3. The van der Waals surface area contributed by atoms with E-state index in [2.05, 4.69) is 17.4 Å². The normalized spacial score (nSPS) is 20.8. The van der Waals surface area contributed by atoms with Gasteiger partial charge in [-0.1, -0.05) is 42.5 Å². The lowest BCUT2D eigenvalue weighted by molar-refractivity contribution is -0.136. The van der Waals surface area contributed by atoms with Crippen LogP contribution in [0.15, 0.2) is 77.1 Å². The zero-order chi connectivity index (χ0) is 22.1. The van der Waals surface area contributed by atoms with Gasteiger partial charge in [-0.15, -0.1) is 0 Å². The smallest absolute Gasteiger partial charge is 0.336 e. The molecule has 2 aromatic rings. The van der Waals surface area contributed by atoms with Gasteiger partial charge in [-0.25, -0.2) is 4.79 Å². The molecule has 0 spiro atoms. The average molecular weight is 417 g/mol. The summed E-state index contributed by atoms with van der Waals surface area (Å²) in [7, 11) is 5.35. The lowest BCUT2D eigenvalue weighted by Gasteiger charge is -2.36. The maximum Gasteiger partial charge on any atom is 0.336 e. The van der Waals surface area contributed by atoms with Gasteiger partial charge in [0.05, 0.1) is 12.7 Å². The summed E-state index contributed by atoms with van der Waals surface area (Å²) in [6.45, 7) is 1.88. The van der Waals surface area contributed by atoms with Gasteiger partial charge in [0.25, 0.3) is 0 Å². The molecule has 5 heteroatoms. The van der Waals surface area contributed by atoms with Crippen LogP contribution in [0.1, 0.15) is 42.7 Å². The molecule has 0 aromatic heterocycles. The second-order valence-electron chi connectivity index (χ2n) is 8.41. The van der Waals surface area contributed by atoms with Crippen LogP contribution in [0.25, 0.3) is 0 Å². The van der Waals surface area contributed by atoms with Gasteiger partial charge in [0.1, 0.15) is 0 Å². The molecule has 0 saturated carbocycles. The van der Waals surface area contributed by atoms with E-state index in [0.717, 1.165) is 34.6 Å². The Hall–Kier alpha value is -3.34. The van der Waals surface area contributed by atoms with Crippen LogP contribution in [0, 0.1) is 0 Å². The van der Waals surface area contributed by atoms with E-state index in [1.165, 1.54) is 7.11 Å². The van der Waals surface area contributed by atoms with Crippen molar-refractivity contribution in [2.75, 3.05) is 26.1 Å². The number of hydrogen-bond acceptors (Lipinski definition) is 5. The van der Waals surface area contributed by atoms with Crippen molar-refractivity contribution >= 4 is 17.4 Å². The fourth-order valence-corrected chi connectivity index (χ4v) is 4.68. The van der Waals surface area contributed by atoms with Crippen molar-refractivity contribution in [3.05, 3.63) is 88.3 Å². The van der Waals surface area contributed by atoms with Gasteiger partial charge >= 0.3 is 5.97 Å². The Morgan fingerprint density at radius 1 is 1.00 bits per heavy atom. The molecule has 0 amide bonds. The van der Waals surface area contributed by atoms with E-state index in [9.17, 15) is 9.59 Å². The number of dihydropyridines is 1. The van der Waals surface area contributed by atoms with Gasteiger partial charge in [0, 0.05) is 49.1 Å². The van der Waals surface area contributed by atoms with Gasteiger partial charge < -0.3 is 15.0 Å². The van der Waals surface area contributed by atoms with Gasteiger partial charge in [-0.3, -0.25) is 4.79 Å². The topological polar surface area (TPSA) is 58.6 Å². The summed E-state index contributed by atoms with van der Waals surface area (Å²) in [5.41, 5.74) is 6.00. The Morgan fingerprint density at radius 3 is 2.29 bits per heavy atom. The summed E-state index contributed by atoms with van der Waals surface area (Å²) in [6.07, 6.45) is 1.17. The molecule has 0 unspecified atom stereocenters. The Labute approximate surface area is 183 Å². The summed E-state index contributed by atoms with van der Waals surface area (Å²) < 4.78 is 5.10. The number of carbonyl (C=O) groups is 2. The fourth-order valence-electron chi connectivity index (χ4n) is 4.68. The highest BCUT2D eigenvalue weighted by atomic mass is 16.5. The van der Waals surface area contributed by atoms with Crippen molar-refractivity contribution in [1.82, 2.24) is 5.32 Å². The highest BCUT2D eigenvalue weighted by Crippen LogP contribution is 2.45. The molecule has 1 aliphatic carbocycles. The van der Waals surface area contributed by atoms with E-state index in [1.54, 1.807) is 0 Å². The Morgan fingerprint density at radius 2 is 1.68 bits per heavy atom. The number of benzene rings is 2. The summed E-state index contributed by atoms with van der Waals surface area (Å²) in [5, 5.41) is 3.37. The second kappa shape index (κ2) is 8.42. The summed E-state index contributed by atoms with van der Waals surface area (Å²) in [5.74, 6) is -0.622. The lowest BCUT2D eigenvalue weighted by Crippen LogP contribution is -2.36. The molecule has 2 aromatic carbocycles. The van der Waals surface area contributed by atoms with E-state index in [4.69, 9.17) is 4.74 Å². The molecule has 2 atom stereocenters. The van der Waals surface area contributed by atoms with Crippen molar-refractivity contribution < 1.29 is 14.3 Å². The maximum absolute atomic E-state index is 13.5. The van der Waals surface area contributed by atoms with Crippen molar-refractivity contribution in [2.45, 2.75) is 31.6 Å². The molecule has 0 bridgehead atoms. The van der Waals surface area contributed by atoms with Crippen LogP contribution in [0.4, 0.5) is 5.69 Å². The molecule has 1 N–H and O–H groups in total. The first-order valence-corrected chi connectivity index (χ1v) is 10.5. The largest absolute Gasteiger partial charge is 0.466 e. The Bertz CT molecular complexity index is 1070. The summed E-state index contributed by atoms with van der Waals surface area (Å²) >= 11 is 0. The van der Waals surface area contributed by atoms with Crippen molar-refractivity contribution in [3.63, 3.8) is 0 Å². The third kappa shape index (κ3) is 3.88. The number of anilines is 1. The third-order valence-electron chi connectivity index (χ3n) is 6.25. The highest BCUT2D eigenvalue weighted by Gasteiger charge is 2.41. The molecule has 0 radical (unpaired) electrons. The number of ketones is 1. The van der Waals surface area contributed by atoms with E-state index in [0.29, 0.717) is 17.6 Å². The third-order valence-corrected chi connectivity index (χ3v) is 6.25. The zero-order valence-corrected chi connectivity index (χ0v) is 18.4. The number of Topliss-reactive ketones (excluding diaryl/α,β-unsaturated/α-hetero) is 1. The van der Waals surface area contributed by atoms with Crippen molar-refractivity contribution in [3.8, 4) is 0 Å². The quantitative estimate of drug-likeness (QED) is 0.754. The number of rotatable bonds is 4. The summed E-state index contributed by atoms with van der Waals surface area (Å²) in [4.78, 5) is 28.2. The number of esters is 1. The van der Waals surface area contributed by atoms with E-state index < -0.39 is 11.9 Å². The molecular weight excluding hydrogens is 388 g/mol. The van der Waals surface area contributed by atoms with Gasteiger partial charge in [0.15, 0.2) is 5.78 Å². The fraction of sp³-hybridized carbons (Fsp3) is 0.308. The van der Waals surface area contributed by atoms with Crippen molar-refractivity contribution in [1.29, 1.82) is 0 Å². The minimum absolute atomic E-state index is 0.0817. The summed E-state index contributed by atoms with van der Waals surface area (Å²) in [6, 6.07) is 18.2. The van der Waals surface area contributed by atoms with Crippen LogP contribution < -0.4 is 10.2 Å². The van der Waals surface area contributed by atoms with Gasteiger partial charge in [-0.2, -0.15) is 0 Å². The standard InChI is InChI=1S/C26H28N2O3/c1-16-23(26(30)31-4)24(18-10-12-20(13-11-18)28(2)3)25-21(27-16)14-19(15-22(25)29)17-8-6-5-7-9-17/h5-13,19,24,27H,14-15H2,1-4H3/t19-,24-/m0/s1. The SMILES string of the molecule is COC(=O)C1=C(C)NC2=C(C(=O)C[C@@H](c3ccccc3)C2)[C@H]1c1ccc(N(C)C)cc1. The predicted molar refractivity (Wildman–Crippen MR) is 122 cm³/mol. The molecule has 1 heterocycles. The number of methoxy groups -OCH3 is 1. The van der Waals surface area contributed by atoms with Crippen LogP contribution in [0.3, 0.4) is 0 Å². The minimum atomic E-state index is -0.427. The average Bonchev–Trinajstić information content (AvgIpc) is 2.78. The van der Waals surface area contributed by atoms with Crippen LogP contribution in [0.2, 0.25) is 0 Å². The molecule has 1 aliphatic heterocycles. The molecule has 0 saturated heterocycles. The maximum atomic E-state index is 13.5. The minimum Gasteiger partial charge on any atom is -0.466 e. The van der Waals surface area contributed by atoms with Crippen LogP contribution in [-0.4, -0.2) is 33.0 Å². The monoisotopic (exact) mass is 416 g/mol. The lowest BCUT2D eigenvalue weighted by atomic mass is 9.71. The predicted octanol–water partition coefficient (Wildman–Crippen LogP) is 4.29.